The van der Waals surface area contributed by atoms with Crippen molar-refractivity contribution in [2.45, 2.75) is 46.6 Å². The number of ether oxygens (including phenoxy) is 1. The number of carbonyl (C=O) groups excluding carboxylic acids is 2. The van der Waals surface area contributed by atoms with Crippen molar-refractivity contribution in [2.75, 3.05) is 6.61 Å². The SMILES string of the molecule is CC1=C(C(=O)OCC(C)C)[C@@H](c2ccccc2C)CC(=O)N1Cc1cc(F)cc(F)c1. The van der Waals surface area contributed by atoms with Gasteiger partial charge in [0.1, 0.15) is 11.6 Å². The Labute approximate surface area is 181 Å². The molecule has 3 rings (SSSR count). The molecule has 0 N–H and O–H groups in total. The largest absolute Gasteiger partial charge is 0.462 e. The number of rotatable bonds is 6. The lowest BCUT2D eigenvalue weighted by atomic mass is 9.81. The van der Waals surface area contributed by atoms with Crippen LogP contribution in [0.4, 0.5) is 8.78 Å². The monoisotopic (exact) mass is 427 g/mol. The van der Waals surface area contributed by atoms with E-state index in [1.807, 2.05) is 45.0 Å². The van der Waals surface area contributed by atoms with Gasteiger partial charge in [0.15, 0.2) is 0 Å². The van der Waals surface area contributed by atoms with E-state index in [4.69, 9.17) is 4.74 Å². The molecule has 0 fully saturated rings. The van der Waals surface area contributed by atoms with E-state index in [2.05, 4.69) is 0 Å². The second kappa shape index (κ2) is 9.41. The van der Waals surface area contributed by atoms with Gasteiger partial charge in [-0.05, 0) is 48.6 Å². The van der Waals surface area contributed by atoms with Gasteiger partial charge < -0.3 is 9.64 Å². The standard InChI is InChI=1S/C25H27F2NO3/c1-15(2)14-31-25(30)24-17(4)28(13-18-9-19(26)11-20(27)10-18)23(29)12-22(24)21-8-6-5-7-16(21)3/h5-11,15,22H,12-14H2,1-4H3/t22-/m1/s1. The predicted molar refractivity (Wildman–Crippen MR) is 114 cm³/mol. The van der Waals surface area contributed by atoms with Crippen LogP contribution in [0.2, 0.25) is 0 Å². The van der Waals surface area contributed by atoms with Gasteiger partial charge in [0.2, 0.25) is 5.91 Å². The van der Waals surface area contributed by atoms with Crippen LogP contribution in [0.1, 0.15) is 49.8 Å². The second-order valence-electron chi connectivity index (χ2n) is 8.36. The Morgan fingerprint density at radius 2 is 1.77 bits per heavy atom. The van der Waals surface area contributed by atoms with Crippen LogP contribution in [0.5, 0.6) is 0 Å². The van der Waals surface area contributed by atoms with Crippen LogP contribution in [-0.2, 0) is 20.9 Å². The van der Waals surface area contributed by atoms with E-state index < -0.39 is 23.5 Å². The molecule has 0 saturated heterocycles. The smallest absolute Gasteiger partial charge is 0.336 e. The van der Waals surface area contributed by atoms with Gasteiger partial charge in [-0.15, -0.1) is 0 Å². The summed E-state index contributed by atoms with van der Waals surface area (Å²) in [6.07, 6.45) is 0.0755. The summed E-state index contributed by atoms with van der Waals surface area (Å²) in [6.45, 7) is 7.75. The molecule has 0 bridgehead atoms. The fourth-order valence-corrected chi connectivity index (χ4v) is 3.92. The molecule has 0 saturated carbocycles. The molecule has 1 aliphatic rings. The number of hydrogen-bond acceptors (Lipinski definition) is 3. The maximum Gasteiger partial charge on any atom is 0.336 e. The van der Waals surface area contributed by atoms with Gasteiger partial charge in [-0.2, -0.15) is 0 Å². The Balaban J connectivity index is 2.04. The summed E-state index contributed by atoms with van der Waals surface area (Å²) < 4.78 is 32.8. The first-order chi connectivity index (χ1) is 14.7. The highest BCUT2D eigenvalue weighted by atomic mass is 19.1. The summed E-state index contributed by atoms with van der Waals surface area (Å²) in [6, 6.07) is 10.8. The molecule has 0 aliphatic carbocycles. The van der Waals surface area contributed by atoms with Crippen molar-refractivity contribution >= 4 is 11.9 Å². The van der Waals surface area contributed by atoms with Crippen molar-refractivity contribution in [3.8, 4) is 0 Å². The Bertz CT molecular complexity index is 1010. The molecule has 0 spiro atoms. The summed E-state index contributed by atoms with van der Waals surface area (Å²) >= 11 is 0. The van der Waals surface area contributed by atoms with E-state index >= 15 is 0 Å². The van der Waals surface area contributed by atoms with Crippen LogP contribution in [0.3, 0.4) is 0 Å². The highest BCUT2D eigenvalue weighted by Gasteiger charge is 2.37. The number of halogens is 2. The molecule has 2 aromatic rings. The number of esters is 1. The maximum atomic E-state index is 13.7. The van der Waals surface area contributed by atoms with Gasteiger partial charge in [-0.25, -0.2) is 13.6 Å². The molecule has 164 valence electrons. The zero-order valence-electron chi connectivity index (χ0n) is 18.2. The summed E-state index contributed by atoms with van der Waals surface area (Å²) in [7, 11) is 0. The number of amides is 1. The molecule has 1 aliphatic heterocycles. The molecule has 1 heterocycles. The van der Waals surface area contributed by atoms with E-state index in [0.29, 0.717) is 16.8 Å². The van der Waals surface area contributed by atoms with Gasteiger partial charge in [-0.3, -0.25) is 4.79 Å². The van der Waals surface area contributed by atoms with Crippen molar-refractivity contribution in [2.24, 2.45) is 5.92 Å². The Kier molecular flexibility index (Phi) is 6.88. The zero-order chi connectivity index (χ0) is 22.7. The summed E-state index contributed by atoms with van der Waals surface area (Å²) in [4.78, 5) is 27.6. The highest BCUT2D eigenvalue weighted by molar-refractivity contribution is 5.96. The molecular weight excluding hydrogens is 400 g/mol. The van der Waals surface area contributed by atoms with Gasteiger partial charge in [0.05, 0.1) is 18.7 Å². The van der Waals surface area contributed by atoms with Crippen molar-refractivity contribution in [3.05, 3.63) is 82.1 Å². The minimum absolute atomic E-state index is 0.0270. The third kappa shape index (κ3) is 5.19. The molecule has 0 aromatic heterocycles. The average molecular weight is 427 g/mol. The van der Waals surface area contributed by atoms with Gasteiger partial charge in [0, 0.05) is 24.1 Å². The number of carbonyl (C=O) groups is 2. The summed E-state index contributed by atoms with van der Waals surface area (Å²) in [5, 5.41) is 0. The molecule has 2 aromatic carbocycles. The second-order valence-corrected chi connectivity index (χ2v) is 8.36. The molecule has 1 amide bonds. The first-order valence-corrected chi connectivity index (χ1v) is 10.4. The lowest BCUT2D eigenvalue weighted by Gasteiger charge is -2.35. The lowest BCUT2D eigenvalue weighted by molar-refractivity contribution is -0.141. The van der Waals surface area contributed by atoms with E-state index in [1.165, 1.54) is 17.0 Å². The van der Waals surface area contributed by atoms with Crippen molar-refractivity contribution in [1.82, 2.24) is 4.90 Å². The van der Waals surface area contributed by atoms with Crippen molar-refractivity contribution in [3.63, 3.8) is 0 Å². The molecule has 0 radical (unpaired) electrons. The molecule has 0 unspecified atom stereocenters. The predicted octanol–water partition coefficient (Wildman–Crippen LogP) is 5.26. The number of benzene rings is 2. The molecular formula is C25H27F2NO3. The number of aryl methyl sites for hydroxylation is 1. The fourth-order valence-electron chi connectivity index (χ4n) is 3.92. The first-order valence-electron chi connectivity index (χ1n) is 10.4. The van der Waals surface area contributed by atoms with E-state index in [-0.39, 0.29) is 31.4 Å². The molecule has 4 nitrogen and oxygen atoms in total. The van der Waals surface area contributed by atoms with Crippen LogP contribution < -0.4 is 0 Å². The van der Waals surface area contributed by atoms with E-state index in [1.54, 1.807) is 6.92 Å². The topological polar surface area (TPSA) is 46.6 Å². The Morgan fingerprint density at radius 1 is 1.13 bits per heavy atom. The summed E-state index contributed by atoms with van der Waals surface area (Å²) in [5.41, 5.74) is 3.04. The van der Waals surface area contributed by atoms with Crippen LogP contribution in [0.15, 0.2) is 53.7 Å². The number of allylic oxidation sites excluding steroid dienone is 1. The van der Waals surface area contributed by atoms with Crippen molar-refractivity contribution < 1.29 is 23.1 Å². The van der Waals surface area contributed by atoms with Gasteiger partial charge in [0.25, 0.3) is 0 Å². The third-order valence-electron chi connectivity index (χ3n) is 5.42. The molecule has 6 heteroatoms. The summed E-state index contributed by atoms with van der Waals surface area (Å²) in [5.74, 6) is -2.38. The Hall–Kier alpha value is -3.02. The number of nitrogens with zero attached hydrogens (tertiary/aromatic N) is 1. The third-order valence-corrected chi connectivity index (χ3v) is 5.42. The van der Waals surface area contributed by atoms with E-state index in [9.17, 15) is 18.4 Å². The first kappa shape index (κ1) is 22.7. The van der Waals surface area contributed by atoms with Crippen LogP contribution in [-0.4, -0.2) is 23.4 Å². The highest BCUT2D eigenvalue weighted by Crippen LogP contribution is 2.39. The van der Waals surface area contributed by atoms with Crippen molar-refractivity contribution in [1.29, 1.82) is 0 Å². The van der Waals surface area contributed by atoms with Gasteiger partial charge >= 0.3 is 5.97 Å². The quantitative estimate of drug-likeness (QED) is 0.591. The average Bonchev–Trinajstić information content (AvgIpc) is 2.68. The maximum absolute atomic E-state index is 13.7. The van der Waals surface area contributed by atoms with E-state index in [0.717, 1.165) is 17.2 Å². The minimum Gasteiger partial charge on any atom is -0.462 e. The number of hydrogen-bond donors (Lipinski definition) is 0. The van der Waals surface area contributed by atoms with Crippen LogP contribution in [0.25, 0.3) is 0 Å². The lowest BCUT2D eigenvalue weighted by Crippen LogP contribution is -2.38. The zero-order valence-corrected chi connectivity index (χ0v) is 18.2. The normalized spacial score (nSPS) is 16.8. The van der Waals surface area contributed by atoms with Gasteiger partial charge in [-0.1, -0.05) is 38.1 Å². The molecule has 31 heavy (non-hydrogen) atoms. The van der Waals surface area contributed by atoms with Crippen LogP contribution >= 0.6 is 0 Å². The fraction of sp³-hybridized carbons (Fsp3) is 0.360. The van der Waals surface area contributed by atoms with Crippen LogP contribution in [0, 0.1) is 24.5 Å². The Morgan fingerprint density at radius 3 is 2.39 bits per heavy atom. The molecule has 1 atom stereocenters. The minimum atomic E-state index is -0.713.